The van der Waals surface area contributed by atoms with Crippen molar-refractivity contribution in [2.75, 3.05) is 0 Å². The Morgan fingerprint density at radius 1 is 1.00 bits per heavy atom. The van der Waals surface area contributed by atoms with Gasteiger partial charge in [0.05, 0.1) is 0 Å². The molecule has 1 aromatic rings. The number of hydrogen-bond acceptors (Lipinski definition) is 0. The lowest BCUT2D eigenvalue weighted by molar-refractivity contribution is 0.601. The number of rotatable bonds is 2. The largest absolute Gasteiger partial charge is 0.0999 e. The first-order valence-electron chi connectivity index (χ1n) is 6.53. The minimum absolute atomic E-state index is 1.21. The maximum absolute atomic E-state index is 3.91. The van der Waals surface area contributed by atoms with Crippen molar-refractivity contribution in [2.24, 2.45) is 0 Å². The van der Waals surface area contributed by atoms with E-state index in [2.05, 4.69) is 43.8 Å². The Labute approximate surface area is 100 Å². The van der Waals surface area contributed by atoms with E-state index in [1.165, 1.54) is 56.1 Å². The number of hydrogen-bond donors (Lipinski definition) is 0. The van der Waals surface area contributed by atoms with E-state index in [1.54, 1.807) is 0 Å². The Bertz CT molecular complexity index is 276. The van der Waals surface area contributed by atoms with Gasteiger partial charge in [-0.25, -0.2) is 0 Å². The van der Waals surface area contributed by atoms with Crippen molar-refractivity contribution in [3.05, 3.63) is 48.0 Å². The van der Waals surface area contributed by atoms with Crippen LogP contribution in [0.2, 0.25) is 0 Å². The highest BCUT2D eigenvalue weighted by Crippen LogP contribution is 2.20. The molecule has 0 aromatic heterocycles. The van der Waals surface area contributed by atoms with Crippen LogP contribution in [-0.2, 0) is 6.42 Å². The van der Waals surface area contributed by atoms with E-state index < -0.39 is 0 Å². The molecule has 0 saturated heterocycles. The molecule has 1 aliphatic rings. The van der Waals surface area contributed by atoms with Crippen LogP contribution in [0.3, 0.4) is 0 Å². The molecule has 0 unspecified atom stereocenters. The highest BCUT2D eigenvalue weighted by Gasteiger charge is 2.00. The normalized spacial score (nSPS) is 15.2. The van der Waals surface area contributed by atoms with Crippen LogP contribution in [0.4, 0.5) is 0 Å². The molecule has 0 heterocycles. The van der Waals surface area contributed by atoms with Crippen molar-refractivity contribution in [3.8, 4) is 0 Å². The molecule has 0 bridgehead atoms. The molecule has 0 amide bonds. The zero-order valence-electron chi connectivity index (χ0n) is 10.5. The standard InChI is InChI=1S/C9H12.C7H12/c1-2-6-9-7-4-3-5-8-9;1-7-5-3-2-4-6-7/h3-5,7-8H,2,6H2,1H3;1-6H2. The summed E-state index contributed by atoms with van der Waals surface area (Å²) >= 11 is 0. The van der Waals surface area contributed by atoms with Crippen molar-refractivity contribution in [1.29, 1.82) is 0 Å². The molecular formula is C16H24. The van der Waals surface area contributed by atoms with Crippen LogP contribution >= 0.6 is 0 Å². The van der Waals surface area contributed by atoms with Gasteiger partial charge in [0.15, 0.2) is 0 Å². The van der Waals surface area contributed by atoms with Crippen LogP contribution in [0.15, 0.2) is 42.5 Å². The second-order valence-electron chi connectivity index (χ2n) is 4.55. The lowest BCUT2D eigenvalue weighted by Crippen LogP contribution is -1.90. The van der Waals surface area contributed by atoms with Gasteiger partial charge in [-0.2, -0.15) is 0 Å². The molecule has 0 nitrogen and oxygen atoms in total. The van der Waals surface area contributed by atoms with Crippen molar-refractivity contribution < 1.29 is 0 Å². The third-order valence-electron chi connectivity index (χ3n) is 2.94. The first-order chi connectivity index (χ1) is 7.83. The highest BCUT2D eigenvalue weighted by atomic mass is 14.1. The van der Waals surface area contributed by atoms with Gasteiger partial charge in [0.2, 0.25) is 0 Å². The Balaban J connectivity index is 0.000000165. The Kier molecular flexibility index (Phi) is 6.64. The van der Waals surface area contributed by atoms with Gasteiger partial charge in [0, 0.05) is 0 Å². The van der Waals surface area contributed by atoms with Crippen LogP contribution in [0.1, 0.15) is 51.0 Å². The van der Waals surface area contributed by atoms with E-state index >= 15 is 0 Å². The minimum atomic E-state index is 1.21. The third kappa shape index (κ3) is 5.75. The summed E-state index contributed by atoms with van der Waals surface area (Å²) in [5.74, 6) is 0. The fraction of sp³-hybridized carbons (Fsp3) is 0.500. The zero-order chi connectivity index (χ0) is 11.6. The maximum atomic E-state index is 3.91. The molecule has 0 N–H and O–H groups in total. The second-order valence-corrected chi connectivity index (χ2v) is 4.55. The number of aryl methyl sites for hydroxylation is 1. The maximum Gasteiger partial charge on any atom is -0.0281 e. The van der Waals surface area contributed by atoms with Crippen molar-refractivity contribution in [3.63, 3.8) is 0 Å². The smallest absolute Gasteiger partial charge is 0.0281 e. The predicted molar refractivity (Wildman–Crippen MR) is 72.7 cm³/mol. The van der Waals surface area contributed by atoms with Gasteiger partial charge >= 0.3 is 0 Å². The Morgan fingerprint density at radius 2 is 1.62 bits per heavy atom. The molecule has 1 aromatic carbocycles. The highest BCUT2D eigenvalue weighted by molar-refractivity contribution is 5.14. The number of benzene rings is 1. The summed E-state index contributed by atoms with van der Waals surface area (Å²) < 4.78 is 0. The SMILES string of the molecule is C=C1CCCCC1.CCCc1ccccc1. The van der Waals surface area contributed by atoms with E-state index in [0.29, 0.717) is 0 Å². The minimum Gasteiger partial charge on any atom is -0.0999 e. The van der Waals surface area contributed by atoms with E-state index in [0.717, 1.165) is 0 Å². The van der Waals surface area contributed by atoms with Crippen LogP contribution in [-0.4, -0.2) is 0 Å². The first-order valence-corrected chi connectivity index (χ1v) is 6.53. The van der Waals surface area contributed by atoms with Gasteiger partial charge in [0.25, 0.3) is 0 Å². The molecule has 0 radical (unpaired) electrons. The lowest BCUT2D eigenvalue weighted by atomic mass is 9.97. The van der Waals surface area contributed by atoms with Crippen molar-refractivity contribution in [2.45, 2.75) is 51.9 Å². The summed E-state index contributed by atoms with van der Waals surface area (Å²) in [4.78, 5) is 0. The average molecular weight is 216 g/mol. The summed E-state index contributed by atoms with van der Waals surface area (Å²) in [6.07, 6.45) is 9.24. The van der Waals surface area contributed by atoms with Crippen molar-refractivity contribution >= 4 is 0 Å². The summed E-state index contributed by atoms with van der Waals surface area (Å²) in [5, 5.41) is 0. The van der Waals surface area contributed by atoms with Crippen LogP contribution in [0.25, 0.3) is 0 Å². The molecule has 16 heavy (non-hydrogen) atoms. The van der Waals surface area contributed by atoms with Crippen LogP contribution in [0, 0.1) is 0 Å². The Morgan fingerprint density at radius 3 is 2.06 bits per heavy atom. The Hall–Kier alpha value is -1.04. The molecule has 0 aliphatic heterocycles. The molecule has 0 spiro atoms. The van der Waals surface area contributed by atoms with E-state index in [1.807, 2.05) is 0 Å². The van der Waals surface area contributed by atoms with Gasteiger partial charge in [-0.1, -0.05) is 62.2 Å². The quantitative estimate of drug-likeness (QED) is 0.600. The first kappa shape index (κ1) is 13.0. The molecule has 88 valence electrons. The summed E-state index contributed by atoms with van der Waals surface area (Å²) in [6.45, 7) is 6.12. The lowest BCUT2D eigenvalue weighted by Gasteiger charge is -2.10. The zero-order valence-corrected chi connectivity index (χ0v) is 10.5. The molecule has 1 saturated carbocycles. The van der Waals surface area contributed by atoms with E-state index in [-0.39, 0.29) is 0 Å². The summed E-state index contributed by atoms with van der Waals surface area (Å²) in [5.41, 5.74) is 2.91. The average Bonchev–Trinajstić information content (AvgIpc) is 2.33. The summed E-state index contributed by atoms with van der Waals surface area (Å²) in [6, 6.07) is 10.6. The molecule has 0 atom stereocenters. The summed E-state index contributed by atoms with van der Waals surface area (Å²) in [7, 11) is 0. The second kappa shape index (κ2) is 8.15. The van der Waals surface area contributed by atoms with E-state index in [4.69, 9.17) is 0 Å². The van der Waals surface area contributed by atoms with Gasteiger partial charge in [-0.05, 0) is 37.7 Å². The van der Waals surface area contributed by atoms with E-state index in [9.17, 15) is 0 Å². The third-order valence-corrected chi connectivity index (χ3v) is 2.94. The van der Waals surface area contributed by atoms with Gasteiger partial charge < -0.3 is 0 Å². The fourth-order valence-corrected chi connectivity index (χ4v) is 1.99. The van der Waals surface area contributed by atoms with Gasteiger partial charge in [0.1, 0.15) is 0 Å². The van der Waals surface area contributed by atoms with Crippen LogP contribution in [0.5, 0.6) is 0 Å². The molecular weight excluding hydrogens is 192 g/mol. The van der Waals surface area contributed by atoms with Gasteiger partial charge in [-0.3, -0.25) is 0 Å². The van der Waals surface area contributed by atoms with Gasteiger partial charge in [-0.15, -0.1) is 0 Å². The molecule has 2 rings (SSSR count). The monoisotopic (exact) mass is 216 g/mol. The predicted octanol–water partition coefficient (Wildman–Crippen LogP) is 5.15. The number of allylic oxidation sites excluding steroid dienone is 1. The topological polar surface area (TPSA) is 0 Å². The molecule has 1 fully saturated rings. The van der Waals surface area contributed by atoms with Crippen LogP contribution < -0.4 is 0 Å². The molecule has 1 aliphatic carbocycles. The fourth-order valence-electron chi connectivity index (χ4n) is 1.99. The molecule has 0 heteroatoms. The van der Waals surface area contributed by atoms with Crippen molar-refractivity contribution in [1.82, 2.24) is 0 Å².